The lowest BCUT2D eigenvalue weighted by Gasteiger charge is -2.13. The van der Waals surface area contributed by atoms with E-state index in [1.165, 1.54) is 13.2 Å². The standard InChI is InChI=1S/C15H12N2O4/c1-8-3-5-9(6-4-8)16-10-7-11(18)13-12(14(10)19)15(20-2)21-17-13/h3-7,16H,1-2H3. The Balaban J connectivity index is 1.95. The van der Waals surface area contributed by atoms with Crippen LogP contribution in [0.4, 0.5) is 5.69 Å². The Labute approximate surface area is 120 Å². The van der Waals surface area contributed by atoms with Gasteiger partial charge in [0, 0.05) is 11.8 Å². The lowest BCUT2D eigenvalue weighted by atomic mass is 9.99. The fraction of sp³-hybridized carbons (Fsp3) is 0.133. The monoisotopic (exact) mass is 284 g/mol. The smallest absolute Gasteiger partial charge is 0.323 e. The van der Waals surface area contributed by atoms with Crippen molar-refractivity contribution in [1.29, 1.82) is 0 Å². The van der Waals surface area contributed by atoms with Crippen LogP contribution < -0.4 is 10.1 Å². The first-order valence-corrected chi connectivity index (χ1v) is 6.28. The predicted octanol–water partition coefficient (Wildman–Crippen LogP) is 2.37. The van der Waals surface area contributed by atoms with E-state index in [0.717, 1.165) is 5.56 Å². The van der Waals surface area contributed by atoms with Crippen LogP contribution in [0.3, 0.4) is 0 Å². The molecule has 3 rings (SSSR count). The highest BCUT2D eigenvalue weighted by Crippen LogP contribution is 2.29. The van der Waals surface area contributed by atoms with Gasteiger partial charge in [0.05, 0.1) is 12.8 Å². The highest BCUT2D eigenvalue weighted by molar-refractivity contribution is 6.25. The van der Waals surface area contributed by atoms with Gasteiger partial charge in [-0.1, -0.05) is 22.9 Å². The van der Waals surface area contributed by atoms with Gasteiger partial charge in [-0.3, -0.25) is 9.59 Å². The highest BCUT2D eigenvalue weighted by Gasteiger charge is 2.34. The van der Waals surface area contributed by atoms with Gasteiger partial charge in [-0.15, -0.1) is 0 Å². The molecule has 0 unspecified atom stereocenters. The second kappa shape index (κ2) is 4.90. The van der Waals surface area contributed by atoms with Gasteiger partial charge in [0.2, 0.25) is 11.6 Å². The van der Waals surface area contributed by atoms with Crippen molar-refractivity contribution in [2.24, 2.45) is 0 Å². The zero-order chi connectivity index (χ0) is 15.0. The molecule has 21 heavy (non-hydrogen) atoms. The number of hydrogen-bond donors (Lipinski definition) is 1. The lowest BCUT2D eigenvalue weighted by molar-refractivity contribution is 0.0981. The summed E-state index contributed by atoms with van der Waals surface area (Å²) in [6.07, 6.45) is 1.21. The summed E-state index contributed by atoms with van der Waals surface area (Å²) in [5, 5.41) is 6.51. The first-order valence-electron chi connectivity index (χ1n) is 6.28. The number of ether oxygens (including phenoxy) is 1. The van der Waals surface area contributed by atoms with Crippen LogP contribution in [0.25, 0.3) is 0 Å². The van der Waals surface area contributed by atoms with Gasteiger partial charge in [-0.05, 0) is 19.1 Å². The minimum Gasteiger partial charge on any atom is -0.467 e. The first kappa shape index (κ1) is 13.1. The molecule has 2 aromatic rings. The van der Waals surface area contributed by atoms with Crippen molar-refractivity contribution in [3.05, 3.63) is 52.9 Å². The summed E-state index contributed by atoms with van der Waals surface area (Å²) in [5.74, 6) is -0.839. The largest absolute Gasteiger partial charge is 0.467 e. The molecule has 0 atom stereocenters. The van der Waals surface area contributed by atoms with Crippen molar-refractivity contribution >= 4 is 17.3 Å². The van der Waals surface area contributed by atoms with Crippen LogP contribution >= 0.6 is 0 Å². The quantitative estimate of drug-likeness (QED) is 0.931. The molecule has 6 nitrogen and oxygen atoms in total. The van der Waals surface area contributed by atoms with Gasteiger partial charge in [-0.2, -0.15) is 0 Å². The van der Waals surface area contributed by atoms with E-state index >= 15 is 0 Å². The number of carbonyl (C=O) groups excluding carboxylic acids is 2. The van der Waals surface area contributed by atoms with Gasteiger partial charge in [0.1, 0.15) is 5.56 Å². The second-order valence-electron chi connectivity index (χ2n) is 4.64. The maximum Gasteiger partial charge on any atom is 0.323 e. The van der Waals surface area contributed by atoms with Crippen LogP contribution in [0.2, 0.25) is 0 Å². The summed E-state index contributed by atoms with van der Waals surface area (Å²) < 4.78 is 9.78. The van der Waals surface area contributed by atoms with Crippen LogP contribution in [0.15, 0.2) is 40.6 Å². The van der Waals surface area contributed by atoms with E-state index in [1.807, 2.05) is 31.2 Å². The number of fused-ring (bicyclic) bond motifs is 1. The Morgan fingerprint density at radius 3 is 2.57 bits per heavy atom. The molecule has 0 amide bonds. The maximum absolute atomic E-state index is 12.4. The van der Waals surface area contributed by atoms with Crippen LogP contribution in [0.5, 0.6) is 5.95 Å². The fourth-order valence-electron chi connectivity index (χ4n) is 2.07. The third-order valence-electron chi connectivity index (χ3n) is 3.16. The van der Waals surface area contributed by atoms with E-state index in [-0.39, 0.29) is 28.7 Å². The van der Waals surface area contributed by atoms with Crippen molar-refractivity contribution in [2.45, 2.75) is 6.92 Å². The number of aryl methyl sites for hydroxylation is 1. The number of nitrogens with one attached hydrogen (secondary N) is 1. The SMILES string of the molecule is COc1onc2c1C(=O)C(Nc1ccc(C)cc1)=CC2=O. The van der Waals surface area contributed by atoms with E-state index in [4.69, 9.17) is 9.26 Å². The molecule has 0 bridgehead atoms. The molecule has 6 heteroatoms. The van der Waals surface area contributed by atoms with Gasteiger partial charge < -0.3 is 14.6 Å². The summed E-state index contributed by atoms with van der Waals surface area (Å²) in [6, 6.07) is 7.47. The van der Waals surface area contributed by atoms with Crippen molar-refractivity contribution in [1.82, 2.24) is 5.16 Å². The topological polar surface area (TPSA) is 81.4 Å². The number of nitrogens with zero attached hydrogens (tertiary/aromatic N) is 1. The number of anilines is 1. The average Bonchev–Trinajstić information content (AvgIpc) is 2.91. The molecule has 106 valence electrons. The van der Waals surface area contributed by atoms with Crippen molar-refractivity contribution in [3.63, 3.8) is 0 Å². The number of Topliss-reactive ketones (excluding diaryl/α,β-unsaturated/α-hetero) is 1. The molecule has 1 aromatic carbocycles. The molecule has 0 saturated carbocycles. The van der Waals surface area contributed by atoms with Gasteiger partial charge in [0.15, 0.2) is 5.69 Å². The predicted molar refractivity (Wildman–Crippen MR) is 74.6 cm³/mol. The Morgan fingerprint density at radius 1 is 1.19 bits per heavy atom. The highest BCUT2D eigenvalue weighted by atomic mass is 16.6. The molecule has 0 aliphatic heterocycles. The molecule has 1 aromatic heterocycles. The molecule has 1 heterocycles. The van der Waals surface area contributed by atoms with Crippen molar-refractivity contribution in [2.75, 3.05) is 12.4 Å². The molecule has 1 aliphatic rings. The number of benzene rings is 1. The van der Waals surface area contributed by atoms with E-state index in [1.54, 1.807) is 0 Å². The van der Waals surface area contributed by atoms with Gasteiger partial charge >= 0.3 is 5.95 Å². The van der Waals surface area contributed by atoms with Crippen LogP contribution in [-0.2, 0) is 0 Å². The third-order valence-corrected chi connectivity index (χ3v) is 3.16. The lowest BCUT2D eigenvalue weighted by Crippen LogP contribution is -2.21. The summed E-state index contributed by atoms with van der Waals surface area (Å²) in [7, 11) is 1.35. The van der Waals surface area contributed by atoms with E-state index < -0.39 is 5.78 Å². The summed E-state index contributed by atoms with van der Waals surface area (Å²) in [6.45, 7) is 1.96. The van der Waals surface area contributed by atoms with Gasteiger partial charge in [0.25, 0.3) is 0 Å². The minimum absolute atomic E-state index is 0.0219. The molecule has 1 aliphatic carbocycles. The van der Waals surface area contributed by atoms with Gasteiger partial charge in [-0.25, -0.2) is 0 Å². The zero-order valence-corrected chi connectivity index (χ0v) is 11.5. The molecule has 0 spiro atoms. The number of rotatable bonds is 3. The van der Waals surface area contributed by atoms with Crippen LogP contribution in [0, 0.1) is 6.92 Å². The zero-order valence-electron chi connectivity index (χ0n) is 11.5. The number of aromatic nitrogens is 1. The maximum atomic E-state index is 12.4. The van der Waals surface area contributed by atoms with E-state index in [0.29, 0.717) is 5.69 Å². The molecular weight excluding hydrogens is 272 g/mol. The number of methoxy groups -OCH3 is 1. The van der Waals surface area contributed by atoms with Crippen molar-refractivity contribution in [3.8, 4) is 5.95 Å². The first-order chi connectivity index (χ1) is 10.1. The Morgan fingerprint density at radius 2 is 1.90 bits per heavy atom. The molecule has 0 saturated heterocycles. The van der Waals surface area contributed by atoms with Crippen molar-refractivity contribution < 1.29 is 18.8 Å². The minimum atomic E-state index is -0.397. The molecule has 1 N–H and O–H groups in total. The number of ketones is 2. The third kappa shape index (κ3) is 2.20. The Kier molecular flexibility index (Phi) is 3.06. The van der Waals surface area contributed by atoms with Crippen LogP contribution in [-0.4, -0.2) is 23.8 Å². The number of hydrogen-bond acceptors (Lipinski definition) is 6. The number of carbonyl (C=O) groups is 2. The molecule has 0 radical (unpaired) electrons. The summed E-state index contributed by atoms with van der Waals surface area (Å²) >= 11 is 0. The average molecular weight is 284 g/mol. The van der Waals surface area contributed by atoms with E-state index in [2.05, 4.69) is 10.5 Å². The fourth-order valence-corrected chi connectivity index (χ4v) is 2.07. The Bertz CT molecular complexity index is 756. The van der Waals surface area contributed by atoms with Crippen LogP contribution in [0.1, 0.15) is 26.4 Å². The summed E-state index contributed by atoms with van der Waals surface area (Å²) in [5.41, 5.74) is 2.01. The summed E-state index contributed by atoms with van der Waals surface area (Å²) in [4.78, 5) is 24.4. The number of allylic oxidation sites excluding steroid dienone is 2. The normalized spacial score (nSPS) is 13.7. The Hall–Kier alpha value is -2.89. The molecule has 0 fully saturated rings. The second-order valence-corrected chi connectivity index (χ2v) is 4.64. The van der Waals surface area contributed by atoms with E-state index in [9.17, 15) is 9.59 Å². The molecular formula is C15H12N2O4.